The standard InChI is InChI=1S/C18H13ClOS2/c1-21-18-17(13-7-9-14(19)10-8-13)15(20)11-16(22-18)12-5-3-2-4-6-12/h2-11H,1H3. The molecule has 3 rings (SSSR count). The molecular weight excluding hydrogens is 332 g/mol. The number of hydrogen-bond donors (Lipinski definition) is 0. The van der Waals surface area contributed by atoms with E-state index in [0.717, 1.165) is 25.8 Å². The quantitative estimate of drug-likeness (QED) is 0.557. The van der Waals surface area contributed by atoms with Crippen LogP contribution in [0.2, 0.25) is 5.02 Å². The average Bonchev–Trinajstić information content (AvgIpc) is 2.56. The molecule has 0 amide bonds. The summed E-state index contributed by atoms with van der Waals surface area (Å²) in [6.07, 6.45) is 2.00. The SMILES string of the molecule is CSc1sc(-c2ccccc2)cc(=O)c1-c1ccc(Cl)cc1. The maximum atomic E-state index is 12.6. The molecule has 0 aliphatic heterocycles. The predicted octanol–water partition coefficient (Wildman–Crippen LogP) is 5.82. The van der Waals surface area contributed by atoms with Crippen molar-refractivity contribution in [3.63, 3.8) is 0 Å². The summed E-state index contributed by atoms with van der Waals surface area (Å²) >= 11 is 9.19. The molecule has 0 aliphatic carbocycles. The maximum Gasteiger partial charge on any atom is 0.189 e. The fourth-order valence-corrected chi connectivity index (χ4v) is 4.33. The molecule has 1 heterocycles. The molecule has 0 spiro atoms. The Kier molecular flexibility index (Phi) is 4.67. The van der Waals surface area contributed by atoms with Crippen LogP contribution in [0, 0.1) is 0 Å². The zero-order chi connectivity index (χ0) is 15.5. The lowest BCUT2D eigenvalue weighted by atomic mass is 10.1. The maximum absolute atomic E-state index is 12.6. The van der Waals surface area contributed by atoms with Crippen LogP contribution in [-0.4, -0.2) is 6.26 Å². The molecule has 0 N–H and O–H groups in total. The molecule has 3 aromatic rings. The van der Waals surface area contributed by atoms with Crippen molar-refractivity contribution in [3.05, 3.63) is 75.9 Å². The molecule has 2 aromatic carbocycles. The highest BCUT2D eigenvalue weighted by Crippen LogP contribution is 2.36. The molecule has 1 nitrogen and oxygen atoms in total. The summed E-state index contributed by atoms with van der Waals surface area (Å²) in [5.74, 6) is 0. The van der Waals surface area contributed by atoms with Crippen molar-refractivity contribution >= 4 is 34.7 Å². The minimum atomic E-state index is 0.0456. The van der Waals surface area contributed by atoms with E-state index in [1.165, 1.54) is 0 Å². The van der Waals surface area contributed by atoms with Gasteiger partial charge in [-0.3, -0.25) is 4.79 Å². The molecule has 0 atom stereocenters. The van der Waals surface area contributed by atoms with E-state index in [9.17, 15) is 4.79 Å². The summed E-state index contributed by atoms with van der Waals surface area (Å²) in [6, 6.07) is 19.1. The van der Waals surface area contributed by atoms with Crippen molar-refractivity contribution in [1.29, 1.82) is 0 Å². The highest BCUT2D eigenvalue weighted by Gasteiger charge is 2.13. The molecular formula is C18H13ClOS2. The average molecular weight is 345 g/mol. The summed E-state index contributed by atoms with van der Waals surface area (Å²) in [7, 11) is 0. The van der Waals surface area contributed by atoms with Crippen LogP contribution in [0.4, 0.5) is 0 Å². The van der Waals surface area contributed by atoms with Gasteiger partial charge in [-0.2, -0.15) is 0 Å². The van der Waals surface area contributed by atoms with Crippen molar-refractivity contribution < 1.29 is 0 Å². The van der Waals surface area contributed by atoms with Gasteiger partial charge in [-0.05, 0) is 29.5 Å². The first-order chi connectivity index (χ1) is 10.7. The van der Waals surface area contributed by atoms with E-state index >= 15 is 0 Å². The zero-order valence-electron chi connectivity index (χ0n) is 11.9. The van der Waals surface area contributed by atoms with Crippen LogP contribution in [0.1, 0.15) is 0 Å². The topological polar surface area (TPSA) is 17.1 Å². The Balaban J connectivity index is 2.17. The van der Waals surface area contributed by atoms with E-state index in [1.54, 1.807) is 29.2 Å². The van der Waals surface area contributed by atoms with E-state index in [1.807, 2.05) is 60.9 Å². The lowest BCUT2D eigenvalue weighted by Gasteiger charge is -2.09. The molecule has 0 unspecified atom stereocenters. The minimum Gasteiger partial charge on any atom is -0.289 e. The zero-order valence-corrected chi connectivity index (χ0v) is 14.3. The fraction of sp³-hybridized carbons (Fsp3) is 0.0556. The van der Waals surface area contributed by atoms with Gasteiger partial charge < -0.3 is 0 Å². The van der Waals surface area contributed by atoms with Gasteiger partial charge in [-0.15, -0.1) is 23.1 Å². The normalized spacial score (nSPS) is 10.6. The second-order valence-electron chi connectivity index (χ2n) is 4.71. The Labute approximate surface area is 142 Å². The van der Waals surface area contributed by atoms with Gasteiger partial charge in [0.05, 0.1) is 9.77 Å². The lowest BCUT2D eigenvalue weighted by molar-refractivity contribution is 1.50. The van der Waals surface area contributed by atoms with Crippen molar-refractivity contribution in [2.45, 2.75) is 4.21 Å². The van der Waals surface area contributed by atoms with Gasteiger partial charge in [-0.1, -0.05) is 54.1 Å². The Hall–Kier alpha value is -1.55. The van der Waals surface area contributed by atoms with Crippen molar-refractivity contribution in [2.75, 3.05) is 6.26 Å². The number of benzene rings is 2. The van der Waals surface area contributed by atoms with Gasteiger partial charge in [0, 0.05) is 16.0 Å². The Morgan fingerprint density at radius 2 is 1.64 bits per heavy atom. The molecule has 0 saturated carbocycles. The van der Waals surface area contributed by atoms with Gasteiger partial charge in [-0.25, -0.2) is 0 Å². The molecule has 0 aliphatic rings. The second kappa shape index (κ2) is 6.69. The third-order valence-electron chi connectivity index (χ3n) is 3.29. The van der Waals surface area contributed by atoms with Crippen molar-refractivity contribution in [1.82, 2.24) is 0 Å². The van der Waals surface area contributed by atoms with E-state index in [-0.39, 0.29) is 5.43 Å². The largest absolute Gasteiger partial charge is 0.289 e. The van der Waals surface area contributed by atoms with Crippen molar-refractivity contribution in [2.24, 2.45) is 0 Å². The first-order valence-corrected chi connectivity index (χ1v) is 9.14. The third-order valence-corrected chi connectivity index (χ3v) is 5.83. The fourth-order valence-electron chi connectivity index (χ4n) is 2.24. The van der Waals surface area contributed by atoms with Crippen molar-refractivity contribution in [3.8, 4) is 21.6 Å². The van der Waals surface area contributed by atoms with Gasteiger partial charge in [0.1, 0.15) is 0 Å². The Morgan fingerprint density at radius 1 is 0.955 bits per heavy atom. The van der Waals surface area contributed by atoms with Gasteiger partial charge in [0.2, 0.25) is 0 Å². The van der Waals surface area contributed by atoms with E-state index in [2.05, 4.69) is 0 Å². The van der Waals surface area contributed by atoms with Crippen LogP contribution in [0.25, 0.3) is 21.6 Å². The van der Waals surface area contributed by atoms with Gasteiger partial charge >= 0.3 is 0 Å². The first-order valence-electron chi connectivity index (χ1n) is 6.72. The number of thioether (sulfide) groups is 1. The molecule has 4 heteroatoms. The first kappa shape index (κ1) is 15.3. The predicted molar refractivity (Wildman–Crippen MR) is 98.3 cm³/mol. The highest BCUT2D eigenvalue weighted by molar-refractivity contribution is 8.00. The summed E-state index contributed by atoms with van der Waals surface area (Å²) < 4.78 is 1.02. The van der Waals surface area contributed by atoms with Gasteiger partial charge in [0.25, 0.3) is 0 Å². The van der Waals surface area contributed by atoms with E-state index < -0.39 is 0 Å². The third kappa shape index (κ3) is 3.12. The number of hydrogen-bond acceptors (Lipinski definition) is 3. The van der Waals surface area contributed by atoms with E-state index in [4.69, 9.17) is 11.6 Å². The van der Waals surface area contributed by atoms with Crippen LogP contribution in [0.5, 0.6) is 0 Å². The minimum absolute atomic E-state index is 0.0456. The van der Waals surface area contributed by atoms with Crippen LogP contribution in [-0.2, 0) is 0 Å². The van der Waals surface area contributed by atoms with Crippen LogP contribution in [0.15, 0.2) is 69.7 Å². The molecule has 110 valence electrons. The molecule has 22 heavy (non-hydrogen) atoms. The molecule has 0 fully saturated rings. The molecule has 1 aromatic heterocycles. The Morgan fingerprint density at radius 3 is 2.27 bits per heavy atom. The molecule has 0 bridgehead atoms. The Bertz CT molecular complexity index is 839. The summed E-state index contributed by atoms with van der Waals surface area (Å²) in [6.45, 7) is 0. The highest BCUT2D eigenvalue weighted by atomic mass is 35.5. The molecule has 0 saturated heterocycles. The number of halogens is 1. The van der Waals surface area contributed by atoms with Crippen LogP contribution < -0.4 is 5.43 Å². The summed E-state index contributed by atoms with van der Waals surface area (Å²) in [4.78, 5) is 13.6. The monoisotopic (exact) mass is 344 g/mol. The molecule has 0 radical (unpaired) electrons. The van der Waals surface area contributed by atoms with E-state index in [0.29, 0.717) is 5.02 Å². The van der Waals surface area contributed by atoms with Gasteiger partial charge in [0.15, 0.2) is 5.43 Å². The number of rotatable bonds is 3. The summed E-state index contributed by atoms with van der Waals surface area (Å²) in [5, 5.41) is 0.673. The second-order valence-corrected chi connectivity index (χ2v) is 7.28. The van der Waals surface area contributed by atoms with Crippen LogP contribution >= 0.6 is 34.7 Å². The smallest absolute Gasteiger partial charge is 0.189 e. The summed E-state index contributed by atoms with van der Waals surface area (Å²) in [5.41, 5.74) is 2.79. The van der Waals surface area contributed by atoms with Crippen LogP contribution in [0.3, 0.4) is 0 Å². The lowest BCUT2D eigenvalue weighted by Crippen LogP contribution is -2.04.